The lowest BCUT2D eigenvalue weighted by Gasteiger charge is -2.38. The first kappa shape index (κ1) is 14.8. The third-order valence-corrected chi connectivity index (χ3v) is 5.21. The predicted octanol–water partition coefficient (Wildman–Crippen LogP) is 0.949. The summed E-state index contributed by atoms with van der Waals surface area (Å²) >= 11 is 0. The lowest BCUT2D eigenvalue weighted by Crippen LogP contribution is -2.46. The molecule has 0 radical (unpaired) electrons. The smallest absolute Gasteiger partial charge is 0.227 e. The molecule has 0 unspecified atom stereocenters. The summed E-state index contributed by atoms with van der Waals surface area (Å²) in [6, 6.07) is 2.45. The zero-order valence-electron chi connectivity index (χ0n) is 14.2. The highest BCUT2D eigenvalue weighted by atomic mass is 16.5. The molecule has 3 aliphatic rings. The monoisotopic (exact) mass is 339 g/mol. The highest BCUT2D eigenvalue weighted by molar-refractivity contribution is 5.65. The Morgan fingerprint density at radius 2 is 1.96 bits per heavy atom. The lowest BCUT2D eigenvalue weighted by atomic mass is 10.0. The minimum atomic E-state index is 0.267. The molecule has 0 spiro atoms. The van der Waals surface area contributed by atoms with Crippen molar-refractivity contribution in [3.63, 3.8) is 0 Å². The van der Waals surface area contributed by atoms with Crippen LogP contribution in [0.3, 0.4) is 0 Å². The molecule has 3 fully saturated rings. The number of fused-ring (bicyclic) bond motifs is 2. The number of ether oxygens (including phenoxy) is 1. The number of hydrogen-bond acceptors (Lipinski definition) is 8. The van der Waals surface area contributed by atoms with Gasteiger partial charge in [0.05, 0.1) is 24.4 Å². The summed E-state index contributed by atoms with van der Waals surface area (Å²) in [4.78, 5) is 22.4. The van der Waals surface area contributed by atoms with Crippen molar-refractivity contribution >= 4 is 17.7 Å². The molecular formula is C17H21N7O. The molecule has 5 heterocycles. The number of hydrogen-bond donors (Lipinski definition) is 1. The van der Waals surface area contributed by atoms with E-state index in [1.54, 1.807) is 12.4 Å². The summed E-state index contributed by atoms with van der Waals surface area (Å²) in [5, 5.41) is 0. The van der Waals surface area contributed by atoms with Crippen molar-refractivity contribution in [3.8, 4) is 11.3 Å². The van der Waals surface area contributed by atoms with E-state index in [-0.39, 0.29) is 5.95 Å². The summed E-state index contributed by atoms with van der Waals surface area (Å²) in [5.74, 6) is 2.70. The second-order valence-electron chi connectivity index (χ2n) is 7.25. The van der Waals surface area contributed by atoms with Gasteiger partial charge in [-0.1, -0.05) is 6.92 Å². The van der Waals surface area contributed by atoms with Gasteiger partial charge in [0, 0.05) is 43.7 Å². The first-order chi connectivity index (χ1) is 12.2. The van der Waals surface area contributed by atoms with Gasteiger partial charge >= 0.3 is 0 Å². The Bertz CT molecular complexity index is 790. The van der Waals surface area contributed by atoms with E-state index in [0.29, 0.717) is 18.1 Å². The fourth-order valence-electron chi connectivity index (χ4n) is 3.87. The molecule has 25 heavy (non-hydrogen) atoms. The van der Waals surface area contributed by atoms with Gasteiger partial charge < -0.3 is 20.3 Å². The maximum absolute atomic E-state index is 5.73. The number of nitrogens with two attached hydrogens (primary N) is 1. The predicted molar refractivity (Wildman–Crippen MR) is 94.3 cm³/mol. The van der Waals surface area contributed by atoms with Crippen LogP contribution in [0, 0.1) is 5.92 Å². The second-order valence-corrected chi connectivity index (χ2v) is 7.25. The average molecular weight is 339 g/mol. The normalized spacial score (nSPS) is 25.5. The van der Waals surface area contributed by atoms with Crippen LogP contribution in [0.2, 0.25) is 0 Å². The first-order valence-corrected chi connectivity index (χ1v) is 8.76. The van der Waals surface area contributed by atoms with E-state index in [1.807, 2.05) is 6.07 Å². The van der Waals surface area contributed by atoms with Crippen LogP contribution in [0.4, 0.5) is 17.7 Å². The molecule has 2 bridgehead atoms. The summed E-state index contributed by atoms with van der Waals surface area (Å²) in [6.45, 7) is 5.92. The standard InChI is InChI=1S/C17H21N7O/c1-10-6-23(7-10)17-21-14(11-4-19-16(18)20-5-11)3-15(22-17)24-8-13-2-12(24)9-25-13/h3-5,10,12-13H,2,6-9H2,1H3,(H2,18,19,20)/t12-,13-/m0/s1. The van der Waals surface area contributed by atoms with Gasteiger partial charge in [-0.3, -0.25) is 0 Å². The number of nitrogens with zero attached hydrogens (tertiary/aromatic N) is 6. The maximum Gasteiger partial charge on any atom is 0.227 e. The molecule has 3 aliphatic heterocycles. The molecule has 130 valence electrons. The highest BCUT2D eigenvalue weighted by Crippen LogP contribution is 2.34. The van der Waals surface area contributed by atoms with Crippen molar-refractivity contribution in [2.24, 2.45) is 5.92 Å². The quantitative estimate of drug-likeness (QED) is 0.883. The number of aromatic nitrogens is 4. The SMILES string of the molecule is CC1CN(c2nc(-c3cnc(N)nc3)cc(N3C[C@@H]4C[C@H]3CO4)n2)C1. The molecule has 2 atom stereocenters. The van der Waals surface area contributed by atoms with E-state index in [1.165, 1.54) is 0 Å². The fourth-order valence-corrected chi connectivity index (χ4v) is 3.87. The lowest BCUT2D eigenvalue weighted by molar-refractivity contribution is 0.0989. The van der Waals surface area contributed by atoms with Crippen molar-refractivity contribution in [3.05, 3.63) is 18.5 Å². The topological polar surface area (TPSA) is 93.3 Å². The van der Waals surface area contributed by atoms with E-state index in [0.717, 1.165) is 55.7 Å². The second kappa shape index (κ2) is 5.52. The molecule has 8 nitrogen and oxygen atoms in total. The Morgan fingerprint density at radius 1 is 1.16 bits per heavy atom. The van der Waals surface area contributed by atoms with Crippen molar-refractivity contribution < 1.29 is 4.74 Å². The molecule has 2 aromatic rings. The summed E-state index contributed by atoms with van der Waals surface area (Å²) in [5.41, 5.74) is 7.31. The van der Waals surface area contributed by atoms with Gasteiger partial charge in [-0.05, 0) is 12.3 Å². The van der Waals surface area contributed by atoms with Crippen LogP contribution in [-0.4, -0.2) is 58.3 Å². The van der Waals surface area contributed by atoms with Crippen LogP contribution in [0.15, 0.2) is 18.5 Å². The average Bonchev–Trinajstić information content (AvgIpc) is 3.22. The van der Waals surface area contributed by atoms with Gasteiger partial charge in [-0.15, -0.1) is 0 Å². The van der Waals surface area contributed by atoms with Crippen molar-refractivity contribution in [1.82, 2.24) is 19.9 Å². The molecular weight excluding hydrogens is 318 g/mol. The number of rotatable bonds is 3. The van der Waals surface area contributed by atoms with Crippen LogP contribution < -0.4 is 15.5 Å². The third kappa shape index (κ3) is 2.57. The van der Waals surface area contributed by atoms with Gasteiger partial charge in [0.2, 0.25) is 11.9 Å². The van der Waals surface area contributed by atoms with Crippen LogP contribution >= 0.6 is 0 Å². The molecule has 0 saturated carbocycles. The Labute approximate surface area is 146 Å². The molecule has 8 heteroatoms. The van der Waals surface area contributed by atoms with Crippen molar-refractivity contribution in [1.29, 1.82) is 0 Å². The minimum Gasteiger partial charge on any atom is -0.374 e. The Kier molecular flexibility index (Phi) is 3.27. The molecule has 2 aromatic heterocycles. The number of morpholine rings is 1. The van der Waals surface area contributed by atoms with E-state index >= 15 is 0 Å². The highest BCUT2D eigenvalue weighted by Gasteiger charge is 2.40. The summed E-state index contributed by atoms with van der Waals surface area (Å²) in [6.07, 6.45) is 4.85. The third-order valence-electron chi connectivity index (χ3n) is 5.21. The van der Waals surface area contributed by atoms with Crippen LogP contribution in [0.25, 0.3) is 11.3 Å². The van der Waals surface area contributed by atoms with Crippen LogP contribution in [0.5, 0.6) is 0 Å². The van der Waals surface area contributed by atoms with Crippen molar-refractivity contribution in [2.45, 2.75) is 25.5 Å². The van der Waals surface area contributed by atoms with Crippen LogP contribution in [-0.2, 0) is 4.74 Å². The molecule has 5 rings (SSSR count). The molecule has 0 aromatic carbocycles. The Morgan fingerprint density at radius 3 is 2.60 bits per heavy atom. The van der Waals surface area contributed by atoms with Gasteiger partial charge in [0.1, 0.15) is 5.82 Å². The Hall–Kier alpha value is -2.48. The maximum atomic E-state index is 5.73. The van der Waals surface area contributed by atoms with E-state index < -0.39 is 0 Å². The molecule has 2 N–H and O–H groups in total. The van der Waals surface area contributed by atoms with Crippen LogP contribution in [0.1, 0.15) is 13.3 Å². The van der Waals surface area contributed by atoms with Gasteiger partial charge in [-0.2, -0.15) is 4.98 Å². The fraction of sp³-hybridized carbons (Fsp3) is 0.529. The molecule has 0 amide bonds. The number of anilines is 3. The minimum absolute atomic E-state index is 0.267. The first-order valence-electron chi connectivity index (χ1n) is 8.76. The van der Waals surface area contributed by atoms with Gasteiger partial charge in [0.15, 0.2) is 0 Å². The van der Waals surface area contributed by atoms with Gasteiger partial charge in [-0.25, -0.2) is 15.0 Å². The van der Waals surface area contributed by atoms with E-state index in [2.05, 4.69) is 26.7 Å². The zero-order chi connectivity index (χ0) is 17.0. The Balaban J connectivity index is 1.54. The van der Waals surface area contributed by atoms with E-state index in [9.17, 15) is 0 Å². The van der Waals surface area contributed by atoms with E-state index in [4.69, 9.17) is 20.4 Å². The zero-order valence-corrected chi connectivity index (χ0v) is 14.2. The summed E-state index contributed by atoms with van der Waals surface area (Å²) < 4.78 is 5.73. The van der Waals surface area contributed by atoms with Crippen molar-refractivity contribution in [2.75, 3.05) is 41.8 Å². The molecule has 3 saturated heterocycles. The largest absolute Gasteiger partial charge is 0.374 e. The number of nitrogen functional groups attached to an aromatic ring is 1. The molecule has 0 aliphatic carbocycles. The summed E-state index contributed by atoms with van der Waals surface area (Å²) in [7, 11) is 0. The van der Waals surface area contributed by atoms with Gasteiger partial charge in [0.25, 0.3) is 0 Å².